The molecule has 32 valence electrons. The van der Waals surface area contributed by atoms with E-state index < -0.39 is 21.4 Å². The first-order chi connectivity index (χ1) is 1.73. The summed E-state index contributed by atoms with van der Waals surface area (Å²) in [7, 11) is 0. The Bertz CT molecular complexity index is 11.6. The van der Waals surface area contributed by atoms with Gasteiger partial charge >= 0.3 is 35.5 Å². The third-order valence-corrected chi connectivity index (χ3v) is 0. The monoisotopic (exact) mass is 196 g/mol. The van der Waals surface area contributed by atoms with Crippen molar-refractivity contribution in [2.45, 2.75) is 14.0 Å². The predicted molar refractivity (Wildman–Crippen MR) is 30.6 cm³/mol. The molecule has 0 aromatic carbocycles. The van der Waals surface area contributed by atoms with Gasteiger partial charge in [-0.05, 0) is 0 Å². The van der Waals surface area contributed by atoms with Gasteiger partial charge in [-0.25, -0.2) is 0 Å². The van der Waals surface area contributed by atoms with Crippen molar-refractivity contribution in [3.8, 4) is 0 Å². The van der Waals surface area contributed by atoms with Gasteiger partial charge in [-0.2, -0.15) is 0 Å². The normalized spacial score (nSPS) is 5.40. The van der Waals surface area contributed by atoms with Crippen LogP contribution in [0.4, 0.5) is 0 Å². The fourth-order valence-electron chi connectivity index (χ4n) is 0. The van der Waals surface area contributed by atoms with E-state index in [2.05, 4.69) is 14.0 Å². The maximum absolute atomic E-state index is 2.38. The van der Waals surface area contributed by atoms with Crippen LogP contribution in [0.25, 0.3) is 0 Å². The summed E-state index contributed by atoms with van der Waals surface area (Å²) in [6.07, 6.45) is 0. The van der Waals surface area contributed by atoms with Crippen LogP contribution in [-0.2, 0) is 0 Å². The second-order valence-electron chi connectivity index (χ2n) is 1.73. The molecule has 0 nitrogen and oxygen atoms in total. The van der Waals surface area contributed by atoms with Crippen LogP contribution >= 0.6 is 12.4 Å². The van der Waals surface area contributed by atoms with Crippen molar-refractivity contribution in [1.29, 1.82) is 0 Å². The Balaban J connectivity index is 0. The van der Waals surface area contributed by atoms with Crippen molar-refractivity contribution in [3.05, 3.63) is 0 Å². The van der Waals surface area contributed by atoms with Crippen LogP contribution < -0.4 is 0 Å². The topological polar surface area (TPSA) is 0 Å². The van der Waals surface area contributed by atoms with Crippen LogP contribution in [0.15, 0.2) is 0 Å². The van der Waals surface area contributed by atoms with Gasteiger partial charge in [0.2, 0.25) is 0 Å². The van der Waals surface area contributed by atoms with Crippen LogP contribution in [0, 0.1) is 0 Å². The molecule has 0 aromatic rings. The van der Waals surface area contributed by atoms with Crippen molar-refractivity contribution < 1.29 is 0 Å². The molecule has 0 spiro atoms. The fraction of sp³-hybridized carbons (Fsp3) is 1.00. The molecule has 0 aliphatic rings. The molecule has 0 N–H and O–H groups in total. The van der Waals surface area contributed by atoms with Gasteiger partial charge in [-0.3, -0.25) is 0 Å². The van der Waals surface area contributed by atoms with Crippen LogP contribution in [0.1, 0.15) is 0 Å². The molecule has 0 fully saturated rings. The summed E-state index contributed by atoms with van der Waals surface area (Å²) >= 11 is -0.637. The van der Waals surface area contributed by atoms with Crippen LogP contribution in [0.5, 0.6) is 0 Å². The Kier molecular flexibility index (Phi) is 9.78. The predicted octanol–water partition coefficient (Wildman–Crippen LogP) is 1.79. The second-order valence-corrected chi connectivity index (χ2v) is 11.6. The first kappa shape index (κ1) is 9.48. The van der Waals surface area contributed by atoms with Crippen molar-refractivity contribution >= 4 is 33.8 Å². The Morgan fingerprint density at radius 2 is 1.00 bits per heavy atom. The van der Waals surface area contributed by atoms with E-state index in [1.165, 1.54) is 0 Å². The van der Waals surface area contributed by atoms with Crippen LogP contribution in [0.3, 0.4) is 0 Å². The van der Waals surface area contributed by atoms with E-state index >= 15 is 0 Å². The molecule has 2 heteroatoms. The van der Waals surface area contributed by atoms with Gasteiger partial charge in [0.15, 0.2) is 0 Å². The van der Waals surface area contributed by atoms with E-state index in [-0.39, 0.29) is 12.4 Å². The third-order valence-electron chi connectivity index (χ3n) is 0. The minimum atomic E-state index is -0.637. The summed E-state index contributed by atoms with van der Waals surface area (Å²) in [4.78, 5) is 0. The van der Waals surface area contributed by atoms with Gasteiger partial charge < -0.3 is 0 Å². The SMILES string of the molecule is Cl.[CH3][In]([CH3])[CH3]. The zero-order valence-electron chi connectivity index (χ0n) is 3.99. The second kappa shape index (κ2) is 5.16. The quantitative estimate of drug-likeness (QED) is 0.554. The average molecular weight is 196 g/mol. The molecule has 5 heavy (non-hydrogen) atoms. The number of hydrogen-bond acceptors (Lipinski definition) is 0. The third kappa shape index (κ3) is 38.3. The Labute approximate surface area is 47.9 Å². The van der Waals surface area contributed by atoms with Crippen molar-refractivity contribution in [1.82, 2.24) is 0 Å². The number of rotatable bonds is 0. The van der Waals surface area contributed by atoms with Crippen LogP contribution in [0.2, 0.25) is 14.0 Å². The van der Waals surface area contributed by atoms with Gasteiger partial charge in [0.1, 0.15) is 0 Å². The van der Waals surface area contributed by atoms with E-state index in [9.17, 15) is 0 Å². The molecule has 0 rings (SSSR count). The van der Waals surface area contributed by atoms with E-state index in [4.69, 9.17) is 0 Å². The Morgan fingerprint density at radius 1 is 1.00 bits per heavy atom. The fourth-order valence-corrected chi connectivity index (χ4v) is 0. The molecule has 0 aliphatic heterocycles. The Morgan fingerprint density at radius 3 is 1.00 bits per heavy atom. The minimum absolute atomic E-state index is 0. The molecule has 0 amide bonds. The maximum atomic E-state index is 2.38. The molecule has 0 saturated carbocycles. The van der Waals surface area contributed by atoms with Gasteiger partial charge in [0.25, 0.3) is 0 Å². The Hall–Kier alpha value is 1.16. The zero-order chi connectivity index (χ0) is 3.58. The number of hydrogen-bond donors (Lipinski definition) is 0. The molecular formula is C3H10ClIn. The number of halogens is 1. The van der Waals surface area contributed by atoms with Gasteiger partial charge in [-0.1, -0.05) is 0 Å². The van der Waals surface area contributed by atoms with Gasteiger partial charge in [0, 0.05) is 0 Å². The molecular weight excluding hydrogens is 186 g/mol. The first-order valence-electron chi connectivity index (χ1n) is 1.73. The van der Waals surface area contributed by atoms with Crippen molar-refractivity contribution in [2.75, 3.05) is 0 Å². The molecule has 0 aromatic heterocycles. The summed E-state index contributed by atoms with van der Waals surface area (Å²) in [5, 5.41) is 0. The average Bonchev–Trinajstić information content (AvgIpc) is 0.811. The molecule has 0 bridgehead atoms. The summed E-state index contributed by atoms with van der Waals surface area (Å²) in [5.74, 6) is 0. The van der Waals surface area contributed by atoms with Gasteiger partial charge in [-0.15, -0.1) is 12.4 Å². The summed E-state index contributed by atoms with van der Waals surface area (Å²) in [5.41, 5.74) is 0. The summed E-state index contributed by atoms with van der Waals surface area (Å²) in [6.45, 7) is 0. The van der Waals surface area contributed by atoms with E-state index in [1.54, 1.807) is 0 Å². The van der Waals surface area contributed by atoms with E-state index in [0.717, 1.165) is 0 Å². The zero-order valence-corrected chi connectivity index (χ0v) is 8.10. The standard InChI is InChI=1S/3CH3.ClH.In/h3*1H3;1H;. The van der Waals surface area contributed by atoms with Crippen molar-refractivity contribution in [3.63, 3.8) is 0 Å². The van der Waals surface area contributed by atoms with Crippen LogP contribution in [-0.4, -0.2) is 21.4 Å². The summed E-state index contributed by atoms with van der Waals surface area (Å²) < 4.78 is 7.13. The molecule has 0 radical (unpaired) electrons. The molecule has 0 unspecified atom stereocenters. The molecule has 0 saturated heterocycles. The van der Waals surface area contributed by atoms with E-state index in [1.807, 2.05) is 0 Å². The van der Waals surface area contributed by atoms with Crippen molar-refractivity contribution in [2.24, 2.45) is 0 Å². The van der Waals surface area contributed by atoms with Gasteiger partial charge in [0.05, 0.1) is 0 Å². The molecule has 0 atom stereocenters. The van der Waals surface area contributed by atoms with E-state index in [0.29, 0.717) is 0 Å². The first-order valence-corrected chi connectivity index (χ1v) is 11.6. The molecule has 0 heterocycles. The summed E-state index contributed by atoms with van der Waals surface area (Å²) in [6, 6.07) is 0. The molecule has 0 aliphatic carbocycles.